The molecule has 0 amide bonds. The van der Waals surface area contributed by atoms with Gasteiger partial charge < -0.3 is 10.6 Å². The van der Waals surface area contributed by atoms with Crippen LogP contribution in [0.3, 0.4) is 0 Å². The molecular weight excluding hydrogens is 426 g/mol. The summed E-state index contributed by atoms with van der Waals surface area (Å²) >= 11 is 1.71. The zero-order chi connectivity index (χ0) is 15.8. The van der Waals surface area contributed by atoms with E-state index in [0.717, 1.165) is 29.5 Å². The quantitative estimate of drug-likeness (QED) is 0.403. The zero-order valence-electron chi connectivity index (χ0n) is 13.3. The predicted octanol–water partition coefficient (Wildman–Crippen LogP) is 3.72. The number of nitrogens with one attached hydrogen (secondary N) is 2. The first-order chi connectivity index (χ1) is 10.7. The monoisotopic (exact) mass is 448 g/mol. The lowest BCUT2D eigenvalue weighted by Crippen LogP contribution is -2.36. The third-order valence-corrected chi connectivity index (χ3v) is 4.18. The summed E-state index contributed by atoms with van der Waals surface area (Å²) in [5, 5.41) is 7.51. The van der Waals surface area contributed by atoms with E-state index in [4.69, 9.17) is 0 Å². The van der Waals surface area contributed by atoms with Gasteiger partial charge in [0.25, 0.3) is 0 Å². The smallest absolute Gasteiger partial charge is 0.191 e. The van der Waals surface area contributed by atoms with Crippen molar-refractivity contribution in [2.75, 3.05) is 6.54 Å². The van der Waals surface area contributed by atoms with E-state index in [1.165, 1.54) is 17.0 Å². The second-order valence-corrected chi connectivity index (χ2v) is 5.95. The number of aliphatic imine (C=N–C) groups is 1. The largest absolute Gasteiger partial charge is 0.357 e. The number of rotatable bonds is 6. The predicted molar refractivity (Wildman–Crippen MR) is 105 cm³/mol. The van der Waals surface area contributed by atoms with Gasteiger partial charge in [-0.1, -0.05) is 19.1 Å². The number of thiazole rings is 1. The van der Waals surface area contributed by atoms with E-state index in [2.05, 4.69) is 27.5 Å². The second kappa shape index (κ2) is 10.5. The van der Waals surface area contributed by atoms with Crippen molar-refractivity contribution in [2.45, 2.75) is 33.4 Å². The average molecular weight is 448 g/mol. The highest BCUT2D eigenvalue weighted by atomic mass is 127. The van der Waals surface area contributed by atoms with Crippen LogP contribution < -0.4 is 10.6 Å². The van der Waals surface area contributed by atoms with Crippen LogP contribution in [-0.2, 0) is 19.5 Å². The maximum atomic E-state index is 12.9. The summed E-state index contributed by atoms with van der Waals surface area (Å²) in [6, 6.07) is 6.40. The van der Waals surface area contributed by atoms with Crippen LogP contribution in [0.4, 0.5) is 4.39 Å². The number of benzene rings is 1. The van der Waals surface area contributed by atoms with Crippen LogP contribution in [0.15, 0.2) is 35.5 Å². The normalized spacial score (nSPS) is 11.0. The number of hydrogen-bond acceptors (Lipinski definition) is 3. The highest BCUT2D eigenvalue weighted by Crippen LogP contribution is 2.12. The first-order valence-corrected chi connectivity index (χ1v) is 8.23. The fourth-order valence-electron chi connectivity index (χ4n) is 1.85. The van der Waals surface area contributed by atoms with E-state index in [-0.39, 0.29) is 29.8 Å². The van der Waals surface area contributed by atoms with E-state index < -0.39 is 0 Å². The first kappa shape index (κ1) is 19.8. The Hall–Kier alpha value is -1.22. The Morgan fingerprint density at radius 3 is 2.57 bits per heavy atom. The maximum absolute atomic E-state index is 12.9. The Balaban J connectivity index is 0.00000264. The molecule has 126 valence electrons. The number of guanidine groups is 1. The zero-order valence-corrected chi connectivity index (χ0v) is 16.5. The number of aromatic nitrogens is 1. The molecule has 0 saturated heterocycles. The van der Waals surface area contributed by atoms with Crippen molar-refractivity contribution < 1.29 is 4.39 Å². The third kappa shape index (κ3) is 6.82. The Kier molecular flexibility index (Phi) is 9.08. The SMILES string of the molecule is CCNC(=NCc1ccc(F)cc1)NCc1ncc(CC)s1.I. The van der Waals surface area contributed by atoms with Crippen LogP contribution >= 0.6 is 35.3 Å². The summed E-state index contributed by atoms with van der Waals surface area (Å²) in [7, 11) is 0. The molecule has 0 unspecified atom stereocenters. The second-order valence-electron chi connectivity index (χ2n) is 4.75. The molecule has 0 spiro atoms. The summed E-state index contributed by atoms with van der Waals surface area (Å²) in [6.45, 7) is 6.09. The van der Waals surface area contributed by atoms with Gasteiger partial charge in [0.15, 0.2) is 5.96 Å². The number of nitrogens with zero attached hydrogens (tertiary/aromatic N) is 2. The van der Waals surface area contributed by atoms with E-state index in [0.29, 0.717) is 13.1 Å². The van der Waals surface area contributed by atoms with Gasteiger partial charge in [0.1, 0.15) is 10.8 Å². The van der Waals surface area contributed by atoms with Crippen LogP contribution in [0.1, 0.15) is 29.3 Å². The molecule has 0 aliphatic heterocycles. The molecule has 23 heavy (non-hydrogen) atoms. The minimum Gasteiger partial charge on any atom is -0.357 e. The van der Waals surface area contributed by atoms with E-state index in [1.807, 2.05) is 13.1 Å². The Bertz CT molecular complexity index is 613. The summed E-state index contributed by atoms with van der Waals surface area (Å²) in [6.07, 6.45) is 2.93. The van der Waals surface area contributed by atoms with Crippen molar-refractivity contribution >= 4 is 41.3 Å². The molecule has 2 rings (SSSR count). The van der Waals surface area contributed by atoms with Gasteiger partial charge in [-0.2, -0.15) is 0 Å². The highest BCUT2D eigenvalue weighted by molar-refractivity contribution is 14.0. The Morgan fingerprint density at radius 1 is 1.22 bits per heavy atom. The number of hydrogen-bond donors (Lipinski definition) is 2. The van der Waals surface area contributed by atoms with Crippen molar-refractivity contribution in [3.8, 4) is 0 Å². The topological polar surface area (TPSA) is 49.3 Å². The lowest BCUT2D eigenvalue weighted by atomic mass is 10.2. The molecule has 0 fully saturated rings. The summed E-state index contributed by atoms with van der Waals surface area (Å²) in [4.78, 5) is 10.2. The minimum atomic E-state index is -0.228. The van der Waals surface area contributed by atoms with E-state index >= 15 is 0 Å². The Labute approximate surface area is 157 Å². The average Bonchev–Trinajstić information content (AvgIpc) is 3.00. The van der Waals surface area contributed by atoms with Crippen LogP contribution in [0.5, 0.6) is 0 Å². The molecule has 1 aromatic heterocycles. The van der Waals surface area contributed by atoms with Crippen LogP contribution in [0.2, 0.25) is 0 Å². The van der Waals surface area contributed by atoms with Gasteiger partial charge in [-0.25, -0.2) is 14.4 Å². The molecule has 1 heterocycles. The third-order valence-electron chi connectivity index (χ3n) is 3.03. The van der Waals surface area contributed by atoms with E-state index in [9.17, 15) is 4.39 Å². The lowest BCUT2D eigenvalue weighted by molar-refractivity contribution is 0.627. The first-order valence-electron chi connectivity index (χ1n) is 7.41. The minimum absolute atomic E-state index is 0. The van der Waals surface area contributed by atoms with Gasteiger partial charge in [-0.15, -0.1) is 35.3 Å². The molecule has 7 heteroatoms. The molecule has 0 radical (unpaired) electrons. The lowest BCUT2D eigenvalue weighted by Gasteiger charge is -2.10. The molecule has 2 N–H and O–H groups in total. The summed E-state index contributed by atoms with van der Waals surface area (Å²) in [5.41, 5.74) is 0.973. The standard InChI is InChI=1S/C16H21FN4S.HI/c1-3-14-10-19-15(22-14)11-21-16(18-4-2)20-9-12-5-7-13(17)8-6-12;/h5-8,10H,3-4,9,11H2,1-2H3,(H2,18,20,21);1H. The van der Waals surface area contributed by atoms with Crippen molar-refractivity contribution in [3.63, 3.8) is 0 Å². The molecule has 0 bridgehead atoms. The number of aryl methyl sites for hydroxylation is 1. The highest BCUT2D eigenvalue weighted by Gasteiger charge is 2.02. The van der Waals surface area contributed by atoms with Gasteiger partial charge >= 0.3 is 0 Å². The molecule has 0 aliphatic rings. The molecule has 0 atom stereocenters. The van der Waals surface area contributed by atoms with Crippen molar-refractivity contribution in [1.82, 2.24) is 15.6 Å². The van der Waals surface area contributed by atoms with Crippen LogP contribution in [0.25, 0.3) is 0 Å². The summed E-state index contributed by atoms with van der Waals surface area (Å²) < 4.78 is 12.9. The van der Waals surface area contributed by atoms with Gasteiger partial charge in [-0.05, 0) is 31.0 Å². The van der Waals surface area contributed by atoms with Gasteiger partial charge in [0.2, 0.25) is 0 Å². The van der Waals surface area contributed by atoms with Crippen molar-refractivity contribution in [2.24, 2.45) is 4.99 Å². The van der Waals surface area contributed by atoms with Crippen molar-refractivity contribution in [3.05, 3.63) is 51.7 Å². The molecule has 0 aliphatic carbocycles. The maximum Gasteiger partial charge on any atom is 0.191 e. The molecule has 0 saturated carbocycles. The summed E-state index contributed by atoms with van der Waals surface area (Å²) in [5.74, 6) is 0.508. The Morgan fingerprint density at radius 2 is 1.96 bits per heavy atom. The number of halogens is 2. The molecule has 1 aromatic carbocycles. The van der Waals surface area contributed by atoms with E-state index in [1.54, 1.807) is 23.5 Å². The molecule has 2 aromatic rings. The van der Waals surface area contributed by atoms with Gasteiger partial charge in [0, 0.05) is 17.6 Å². The fourth-order valence-corrected chi connectivity index (χ4v) is 2.66. The van der Waals surface area contributed by atoms with Gasteiger partial charge in [-0.3, -0.25) is 0 Å². The van der Waals surface area contributed by atoms with Crippen LogP contribution in [-0.4, -0.2) is 17.5 Å². The molecule has 4 nitrogen and oxygen atoms in total. The van der Waals surface area contributed by atoms with Crippen LogP contribution in [0, 0.1) is 5.82 Å². The molecular formula is C16H22FIN4S. The van der Waals surface area contributed by atoms with Gasteiger partial charge in [0.05, 0.1) is 13.1 Å². The fraction of sp³-hybridized carbons (Fsp3) is 0.375. The van der Waals surface area contributed by atoms with Crippen molar-refractivity contribution in [1.29, 1.82) is 0 Å².